The summed E-state index contributed by atoms with van der Waals surface area (Å²) < 4.78 is 0. The van der Waals surface area contributed by atoms with Gasteiger partial charge in [-0.25, -0.2) is 9.86 Å². The summed E-state index contributed by atoms with van der Waals surface area (Å²) in [6.07, 6.45) is 0.682. The molecule has 0 saturated heterocycles. The number of nitrogens with zero attached hydrogens (tertiary/aromatic N) is 1. The number of hydrogen-bond donors (Lipinski definition) is 2. The molecule has 82 valence electrons. The molecular formula is C9H17NO4. The van der Waals surface area contributed by atoms with Gasteiger partial charge in [-0.1, -0.05) is 27.2 Å². The van der Waals surface area contributed by atoms with E-state index in [0.717, 1.165) is 0 Å². The summed E-state index contributed by atoms with van der Waals surface area (Å²) in [5.74, 6) is -2.02. The van der Waals surface area contributed by atoms with E-state index in [4.69, 9.17) is 5.11 Å². The monoisotopic (exact) mass is 203 g/mol. The minimum absolute atomic E-state index is 0.0940. The van der Waals surface area contributed by atoms with Crippen LogP contribution in [0.15, 0.2) is 0 Å². The van der Waals surface area contributed by atoms with Gasteiger partial charge in [0, 0.05) is 6.42 Å². The fourth-order valence-corrected chi connectivity index (χ4v) is 1.13. The summed E-state index contributed by atoms with van der Waals surface area (Å²) in [6, 6.07) is -1.15. The average Bonchev–Trinajstić information content (AvgIpc) is 2.15. The molecule has 5 nitrogen and oxygen atoms in total. The molecule has 0 aromatic carbocycles. The van der Waals surface area contributed by atoms with Crippen molar-refractivity contribution in [3.05, 3.63) is 0 Å². The topological polar surface area (TPSA) is 77.8 Å². The molecule has 0 aromatic rings. The first-order chi connectivity index (χ1) is 6.45. The Morgan fingerprint density at radius 2 is 1.86 bits per heavy atom. The highest BCUT2D eigenvalue weighted by Crippen LogP contribution is 2.14. The molecule has 2 N–H and O–H groups in total. The standard InChI is InChI=1S/C9H17NO4/c1-4-6(3)8(9(12)13)10(14)7(11)5-2/h6,8,14H,4-5H2,1-3H3,(H,12,13). The first kappa shape index (κ1) is 12.9. The lowest BCUT2D eigenvalue weighted by Crippen LogP contribution is -2.46. The van der Waals surface area contributed by atoms with E-state index in [1.807, 2.05) is 6.92 Å². The molecule has 0 aromatic heterocycles. The Morgan fingerprint density at radius 1 is 1.36 bits per heavy atom. The molecule has 0 aliphatic rings. The normalized spacial score (nSPS) is 14.6. The van der Waals surface area contributed by atoms with Gasteiger partial charge in [0.2, 0.25) is 5.91 Å². The third kappa shape index (κ3) is 2.99. The lowest BCUT2D eigenvalue weighted by molar-refractivity contribution is -0.190. The highest BCUT2D eigenvalue weighted by molar-refractivity contribution is 5.82. The number of carboxylic acids is 1. The molecule has 1 amide bonds. The Balaban J connectivity index is 4.65. The number of carbonyl (C=O) groups excluding carboxylic acids is 1. The average molecular weight is 203 g/mol. The third-order valence-corrected chi connectivity index (χ3v) is 2.26. The summed E-state index contributed by atoms with van der Waals surface area (Å²) in [6.45, 7) is 5.07. The van der Waals surface area contributed by atoms with E-state index in [2.05, 4.69) is 0 Å². The highest BCUT2D eigenvalue weighted by atomic mass is 16.5. The number of hydrogen-bond acceptors (Lipinski definition) is 3. The van der Waals surface area contributed by atoms with Gasteiger partial charge in [-0.3, -0.25) is 10.0 Å². The van der Waals surface area contributed by atoms with Crippen LogP contribution in [0.3, 0.4) is 0 Å². The van der Waals surface area contributed by atoms with Gasteiger partial charge in [-0.15, -0.1) is 0 Å². The number of amides is 1. The molecule has 0 fully saturated rings. The van der Waals surface area contributed by atoms with Crippen molar-refractivity contribution in [2.45, 2.75) is 39.7 Å². The Bertz CT molecular complexity index is 217. The number of carboxylic acid groups (broad SMARTS) is 1. The first-order valence-electron chi connectivity index (χ1n) is 4.69. The second-order valence-electron chi connectivity index (χ2n) is 3.26. The Hall–Kier alpha value is -1.10. The van der Waals surface area contributed by atoms with Crippen molar-refractivity contribution in [2.75, 3.05) is 0 Å². The van der Waals surface area contributed by atoms with Crippen LogP contribution in [0.25, 0.3) is 0 Å². The highest BCUT2D eigenvalue weighted by Gasteiger charge is 2.32. The molecule has 0 rings (SSSR count). The van der Waals surface area contributed by atoms with Crippen LogP contribution >= 0.6 is 0 Å². The quantitative estimate of drug-likeness (QED) is 0.518. The van der Waals surface area contributed by atoms with Gasteiger partial charge in [0.15, 0.2) is 6.04 Å². The number of aliphatic carboxylic acids is 1. The predicted molar refractivity (Wildman–Crippen MR) is 49.8 cm³/mol. The molecule has 2 unspecified atom stereocenters. The van der Waals surface area contributed by atoms with Crippen LogP contribution in [0, 0.1) is 5.92 Å². The van der Waals surface area contributed by atoms with E-state index in [1.54, 1.807) is 13.8 Å². The van der Waals surface area contributed by atoms with Crippen molar-refractivity contribution in [1.29, 1.82) is 0 Å². The summed E-state index contributed by atoms with van der Waals surface area (Å²) in [4.78, 5) is 21.9. The fraction of sp³-hybridized carbons (Fsp3) is 0.778. The van der Waals surface area contributed by atoms with Crippen molar-refractivity contribution in [1.82, 2.24) is 5.06 Å². The molecular weight excluding hydrogens is 186 g/mol. The molecule has 0 radical (unpaired) electrons. The zero-order valence-electron chi connectivity index (χ0n) is 8.73. The molecule has 0 heterocycles. The summed E-state index contributed by atoms with van der Waals surface area (Å²) in [5, 5.41) is 18.5. The maximum absolute atomic E-state index is 11.1. The lowest BCUT2D eigenvalue weighted by Gasteiger charge is -2.26. The minimum atomic E-state index is -1.18. The van der Waals surface area contributed by atoms with Crippen molar-refractivity contribution in [2.24, 2.45) is 5.92 Å². The van der Waals surface area contributed by atoms with Crippen LogP contribution in [0.1, 0.15) is 33.6 Å². The molecule has 0 aliphatic heterocycles. The Labute approximate surface area is 83.3 Å². The van der Waals surface area contributed by atoms with Crippen LogP contribution in [0.5, 0.6) is 0 Å². The van der Waals surface area contributed by atoms with Gasteiger partial charge in [-0.05, 0) is 5.92 Å². The second kappa shape index (κ2) is 5.59. The summed E-state index contributed by atoms with van der Waals surface area (Å²) in [7, 11) is 0. The van der Waals surface area contributed by atoms with Crippen molar-refractivity contribution < 1.29 is 19.9 Å². The SMILES string of the molecule is CCC(=O)N(O)C(C(=O)O)C(C)CC. The Kier molecular flexibility index (Phi) is 5.15. The van der Waals surface area contributed by atoms with Crippen LogP contribution < -0.4 is 0 Å². The van der Waals surface area contributed by atoms with Crippen molar-refractivity contribution >= 4 is 11.9 Å². The van der Waals surface area contributed by atoms with Gasteiger partial charge >= 0.3 is 5.97 Å². The van der Waals surface area contributed by atoms with Gasteiger partial charge in [0.25, 0.3) is 0 Å². The van der Waals surface area contributed by atoms with E-state index >= 15 is 0 Å². The zero-order valence-corrected chi connectivity index (χ0v) is 8.73. The van der Waals surface area contributed by atoms with Gasteiger partial charge in [-0.2, -0.15) is 0 Å². The molecule has 0 bridgehead atoms. The molecule has 0 aliphatic carbocycles. The number of hydroxylamine groups is 2. The minimum Gasteiger partial charge on any atom is -0.480 e. The predicted octanol–water partition coefficient (Wildman–Crippen LogP) is 1.11. The molecule has 2 atom stereocenters. The third-order valence-electron chi connectivity index (χ3n) is 2.26. The number of carbonyl (C=O) groups is 2. The van der Waals surface area contributed by atoms with Crippen molar-refractivity contribution in [3.8, 4) is 0 Å². The summed E-state index contributed by atoms with van der Waals surface area (Å²) >= 11 is 0. The largest absolute Gasteiger partial charge is 0.480 e. The summed E-state index contributed by atoms with van der Waals surface area (Å²) in [5.41, 5.74) is 0. The van der Waals surface area contributed by atoms with Gasteiger partial charge in [0.05, 0.1) is 0 Å². The fourth-order valence-electron chi connectivity index (χ4n) is 1.13. The second-order valence-corrected chi connectivity index (χ2v) is 3.26. The maximum atomic E-state index is 11.1. The molecule has 0 spiro atoms. The van der Waals surface area contributed by atoms with Crippen LogP contribution in [-0.4, -0.2) is 33.3 Å². The molecule has 0 saturated carbocycles. The Morgan fingerprint density at radius 3 is 2.14 bits per heavy atom. The van der Waals surface area contributed by atoms with Crippen LogP contribution in [0.4, 0.5) is 0 Å². The maximum Gasteiger partial charge on any atom is 0.329 e. The van der Waals surface area contributed by atoms with Gasteiger partial charge in [0.1, 0.15) is 0 Å². The molecule has 14 heavy (non-hydrogen) atoms. The lowest BCUT2D eigenvalue weighted by atomic mass is 9.99. The van der Waals surface area contributed by atoms with E-state index in [9.17, 15) is 14.8 Å². The number of rotatable bonds is 5. The molecule has 5 heteroatoms. The smallest absolute Gasteiger partial charge is 0.329 e. The van der Waals surface area contributed by atoms with Crippen LogP contribution in [-0.2, 0) is 9.59 Å². The zero-order chi connectivity index (χ0) is 11.3. The van der Waals surface area contributed by atoms with Crippen LogP contribution in [0.2, 0.25) is 0 Å². The van der Waals surface area contributed by atoms with Crippen molar-refractivity contribution in [3.63, 3.8) is 0 Å². The van der Waals surface area contributed by atoms with E-state index < -0.39 is 17.9 Å². The van der Waals surface area contributed by atoms with Gasteiger partial charge < -0.3 is 5.11 Å². The van der Waals surface area contributed by atoms with E-state index in [1.165, 1.54) is 0 Å². The van der Waals surface area contributed by atoms with E-state index in [0.29, 0.717) is 11.5 Å². The van der Waals surface area contributed by atoms with E-state index in [-0.39, 0.29) is 12.3 Å². The first-order valence-corrected chi connectivity index (χ1v) is 4.69.